The number of hydrogen-bond acceptors (Lipinski definition) is 4. The van der Waals surface area contributed by atoms with E-state index >= 15 is 0 Å². The molecule has 1 N–H and O–H groups in total. The van der Waals surface area contributed by atoms with Gasteiger partial charge in [-0.25, -0.2) is 0 Å². The molecule has 3 aliphatic rings. The van der Waals surface area contributed by atoms with Crippen LogP contribution in [0.1, 0.15) is 51.9 Å². The Labute approximate surface area is 122 Å². The lowest BCUT2D eigenvalue weighted by atomic mass is 9.85. The molecule has 0 bridgehead atoms. The lowest BCUT2D eigenvalue weighted by Gasteiger charge is -2.30. The van der Waals surface area contributed by atoms with Gasteiger partial charge in [0.1, 0.15) is 0 Å². The minimum Gasteiger partial charge on any atom is -0.466 e. The third kappa shape index (κ3) is 3.53. The van der Waals surface area contributed by atoms with E-state index < -0.39 is 0 Å². The van der Waals surface area contributed by atoms with Crippen molar-refractivity contribution in [1.29, 1.82) is 0 Å². The molecule has 2 aliphatic carbocycles. The quantitative estimate of drug-likeness (QED) is 0.781. The summed E-state index contributed by atoms with van der Waals surface area (Å²) >= 11 is 0. The maximum atomic E-state index is 11.7. The lowest BCUT2D eigenvalue weighted by Crippen LogP contribution is -2.43. The van der Waals surface area contributed by atoms with Gasteiger partial charge >= 0.3 is 5.97 Å². The highest BCUT2D eigenvalue weighted by molar-refractivity contribution is 5.72. The van der Waals surface area contributed by atoms with Crippen molar-refractivity contribution in [1.82, 2.24) is 10.2 Å². The van der Waals surface area contributed by atoms with Crippen molar-refractivity contribution in [3.8, 4) is 0 Å². The van der Waals surface area contributed by atoms with Gasteiger partial charge in [0.05, 0.1) is 12.5 Å². The molecule has 1 saturated heterocycles. The fourth-order valence-electron chi connectivity index (χ4n) is 3.78. The Balaban J connectivity index is 1.37. The summed E-state index contributed by atoms with van der Waals surface area (Å²) in [7, 11) is 0. The van der Waals surface area contributed by atoms with E-state index in [4.69, 9.17) is 4.74 Å². The van der Waals surface area contributed by atoms with Crippen LogP contribution in [0.5, 0.6) is 0 Å². The number of nitrogens with zero attached hydrogens (tertiary/aromatic N) is 1. The van der Waals surface area contributed by atoms with E-state index in [-0.39, 0.29) is 11.9 Å². The number of esters is 1. The molecule has 2 saturated carbocycles. The van der Waals surface area contributed by atoms with Crippen LogP contribution < -0.4 is 5.32 Å². The van der Waals surface area contributed by atoms with Crippen LogP contribution in [0.15, 0.2) is 0 Å². The third-order valence-corrected chi connectivity index (χ3v) is 5.10. The molecule has 4 heteroatoms. The summed E-state index contributed by atoms with van der Waals surface area (Å²) in [6.45, 7) is 4.91. The first kappa shape index (κ1) is 14.3. The number of hydrogen-bond donors (Lipinski definition) is 1. The maximum Gasteiger partial charge on any atom is 0.308 e. The molecule has 3 fully saturated rings. The van der Waals surface area contributed by atoms with E-state index in [9.17, 15) is 4.79 Å². The van der Waals surface area contributed by atoms with Crippen molar-refractivity contribution >= 4 is 5.97 Å². The maximum absolute atomic E-state index is 11.7. The zero-order valence-electron chi connectivity index (χ0n) is 12.6. The number of carbonyl (C=O) groups excluding carboxylic acids is 1. The second-order valence-electron chi connectivity index (χ2n) is 6.68. The van der Waals surface area contributed by atoms with E-state index in [2.05, 4.69) is 10.2 Å². The first-order valence-electron chi connectivity index (χ1n) is 8.43. The van der Waals surface area contributed by atoms with Crippen LogP contribution in [0.25, 0.3) is 0 Å². The van der Waals surface area contributed by atoms with Gasteiger partial charge in [0.15, 0.2) is 0 Å². The Kier molecular flexibility index (Phi) is 4.61. The van der Waals surface area contributed by atoms with E-state index in [1.807, 2.05) is 6.92 Å². The Morgan fingerprint density at radius 1 is 1.10 bits per heavy atom. The standard InChI is InChI=1S/C16H28N2O2/c1-2-20-16(19)12-3-5-13(6-4-12)17-14-9-10-18(11-14)15-7-8-15/h12-15,17H,2-11H2,1H3. The second kappa shape index (κ2) is 6.44. The summed E-state index contributed by atoms with van der Waals surface area (Å²) in [5, 5.41) is 3.83. The molecule has 0 aromatic carbocycles. The average Bonchev–Trinajstić information content (AvgIpc) is 3.21. The van der Waals surface area contributed by atoms with Crippen molar-refractivity contribution in [2.24, 2.45) is 5.92 Å². The van der Waals surface area contributed by atoms with Gasteiger partial charge in [-0.15, -0.1) is 0 Å². The van der Waals surface area contributed by atoms with Gasteiger partial charge in [-0.3, -0.25) is 9.69 Å². The normalized spacial score (nSPS) is 35.1. The van der Waals surface area contributed by atoms with Gasteiger partial charge in [-0.2, -0.15) is 0 Å². The van der Waals surface area contributed by atoms with Crippen LogP contribution in [-0.4, -0.2) is 48.7 Å². The molecular formula is C16H28N2O2. The van der Waals surface area contributed by atoms with Crippen molar-refractivity contribution in [3.05, 3.63) is 0 Å². The molecule has 0 aromatic rings. The Hall–Kier alpha value is -0.610. The number of ether oxygens (including phenoxy) is 1. The number of likely N-dealkylation sites (tertiary alicyclic amines) is 1. The van der Waals surface area contributed by atoms with E-state index in [0.29, 0.717) is 18.7 Å². The minimum absolute atomic E-state index is 0.0201. The van der Waals surface area contributed by atoms with Crippen molar-refractivity contribution in [2.45, 2.75) is 70.0 Å². The summed E-state index contributed by atoms with van der Waals surface area (Å²) in [6, 6.07) is 2.20. The summed E-state index contributed by atoms with van der Waals surface area (Å²) < 4.78 is 5.13. The number of rotatable bonds is 5. The summed E-state index contributed by atoms with van der Waals surface area (Å²) in [5.74, 6) is 0.172. The van der Waals surface area contributed by atoms with Crippen LogP contribution in [0, 0.1) is 5.92 Å². The summed E-state index contributed by atoms with van der Waals surface area (Å²) in [6.07, 6.45) is 8.38. The molecule has 1 atom stereocenters. The van der Waals surface area contributed by atoms with E-state index in [1.165, 1.54) is 32.4 Å². The Bertz CT molecular complexity index is 335. The molecule has 1 heterocycles. The van der Waals surface area contributed by atoms with Crippen LogP contribution >= 0.6 is 0 Å². The second-order valence-corrected chi connectivity index (χ2v) is 6.68. The summed E-state index contributed by atoms with van der Waals surface area (Å²) in [4.78, 5) is 14.4. The summed E-state index contributed by atoms with van der Waals surface area (Å²) in [5.41, 5.74) is 0. The zero-order chi connectivity index (χ0) is 13.9. The van der Waals surface area contributed by atoms with Crippen LogP contribution in [0.3, 0.4) is 0 Å². The van der Waals surface area contributed by atoms with Gasteiger partial charge in [-0.1, -0.05) is 0 Å². The number of nitrogens with one attached hydrogen (secondary N) is 1. The van der Waals surface area contributed by atoms with Crippen LogP contribution in [0.4, 0.5) is 0 Å². The molecule has 0 aromatic heterocycles. The van der Waals surface area contributed by atoms with Crippen LogP contribution in [0.2, 0.25) is 0 Å². The van der Waals surface area contributed by atoms with E-state index in [1.54, 1.807) is 0 Å². The highest BCUT2D eigenvalue weighted by atomic mass is 16.5. The van der Waals surface area contributed by atoms with Gasteiger partial charge in [0, 0.05) is 31.2 Å². The van der Waals surface area contributed by atoms with E-state index in [0.717, 1.165) is 31.7 Å². The molecule has 114 valence electrons. The molecule has 1 aliphatic heterocycles. The molecule has 20 heavy (non-hydrogen) atoms. The Morgan fingerprint density at radius 3 is 2.50 bits per heavy atom. The predicted octanol–water partition coefficient (Wildman–Crippen LogP) is 1.93. The topological polar surface area (TPSA) is 41.6 Å². The number of carbonyl (C=O) groups is 1. The predicted molar refractivity (Wildman–Crippen MR) is 78.5 cm³/mol. The SMILES string of the molecule is CCOC(=O)C1CCC(NC2CCN(C3CC3)C2)CC1. The molecule has 0 spiro atoms. The molecule has 1 unspecified atom stereocenters. The van der Waals surface area contributed by atoms with Gasteiger partial charge < -0.3 is 10.1 Å². The highest BCUT2D eigenvalue weighted by Crippen LogP contribution is 2.31. The molecule has 3 rings (SSSR count). The molecule has 0 amide bonds. The highest BCUT2D eigenvalue weighted by Gasteiger charge is 2.35. The van der Waals surface area contributed by atoms with Gasteiger partial charge in [0.2, 0.25) is 0 Å². The Morgan fingerprint density at radius 2 is 1.85 bits per heavy atom. The smallest absolute Gasteiger partial charge is 0.308 e. The van der Waals surface area contributed by atoms with Crippen molar-refractivity contribution in [3.63, 3.8) is 0 Å². The monoisotopic (exact) mass is 280 g/mol. The van der Waals surface area contributed by atoms with Crippen molar-refractivity contribution < 1.29 is 9.53 Å². The molecule has 0 radical (unpaired) electrons. The molecule has 4 nitrogen and oxygen atoms in total. The third-order valence-electron chi connectivity index (χ3n) is 5.10. The fraction of sp³-hybridized carbons (Fsp3) is 0.938. The largest absolute Gasteiger partial charge is 0.466 e. The zero-order valence-corrected chi connectivity index (χ0v) is 12.6. The van der Waals surface area contributed by atoms with Crippen molar-refractivity contribution in [2.75, 3.05) is 19.7 Å². The first-order chi connectivity index (χ1) is 9.76. The van der Waals surface area contributed by atoms with Gasteiger partial charge in [0.25, 0.3) is 0 Å². The first-order valence-corrected chi connectivity index (χ1v) is 8.43. The minimum atomic E-state index is 0.0201. The fourth-order valence-corrected chi connectivity index (χ4v) is 3.78. The molecular weight excluding hydrogens is 252 g/mol. The van der Waals surface area contributed by atoms with Gasteiger partial charge in [-0.05, 0) is 51.9 Å². The lowest BCUT2D eigenvalue weighted by molar-refractivity contribution is -0.149. The van der Waals surface area contributed by atoms with Crippen LogP contribution in [-0.2, 0) is 9.53 Å². The average molecular weight is 280 g/mol.